The van der Waals surface area contributed by atoms with Gasteiger partial charge in [-0.05, 0) is 26.9 Å². The Morgan fingerprint density at radius 1 is 0.565 bits per heavy atom. The van der Waals surface area contributed by atoms with Gasteiger partial charge in [0.05, 0.1) is 5.02 Å². The molecule has 0 amide bonds. The van der Waals surface area contributed by atoms with Gasteiger partial charge in [-0.25, -0.2) is 0 Å². The monoisotopic (exact) mass is 316 g/mol. The van der Waals surface area contributed by atoms with Crippen LogP contribution in [0.1, 0.15) is 0 Å². The second kappa shape index (κ2) is 4.18. The maximum atomic E-state index is 12.7. The molecule has 5 aromatic rings. The van der Waals surface area contributed by atoms with Crippen molar-refractivity contribution in [2.45, 2.75) is 0 Å². The first-order chi connectivity index (χ1) is 11.2. The normalized spacial score (nSPS) is 12.0. The third-order valence-corrected chi connectivity index (χ3v) is 5.02. The van der Waals surface area contributed by atoms with Crippen LogP contribution in [0.15, 0.2) is 64.2 Å². The van der Waals surface area contributed by atoms with Crippen molar-refractivity contribution in [2.24, 2.45) is 0 Å². The van der Waals surface area contributed by atoms with E-state index in [1.807, 2.05) is 48.5 Å². The Hall–Kier alpha value is -2.71. The highest BCUT2D eigenvalue weighted by atomic mass is 35.5. The lowest BCUT2D eigenvalue weighted by molar-refractivity contribution is 1.57. The fourth-order valence-electron chi connectivity index (χ4n) is 3.71. The van der Waals surface area contributed by atoms with E-state index in [1.165, 1.54) is 0 Å². The fourth-order valence-corrected chi connectivity index (χ4v) is 3.95. The number of halogens is 1. The Kier molecular flexibility index (Phi) is 2.33. The molecule has 5 rings (SSSR count). The van der Waals surface area contributed by atoms with Gasteiger partial charge in [0.25, 0.3) is 0 Å². The van der Waals surface area contributed by atoms with Crippen molar-refractivity contribution >= 4 is 54.7 Å². The first-order valence-electron chi connectivity index (χ1n) is 7.33. The topological polar surface area (TPSA) is 34.1 Å². The SMILES string of the molecule is O=c1c(Cl)c2cccc3c4cccc5cccc(c(c1=O)c23)c54. The summed E-state index contributed by atoms with van der Waals surface area (Å²) in [6.45, 7) is 0. The minimum absolute atomic E-state index is 0.0159. The number of rotatable bonds is 0. The van der Waals surface area contributed by atoms with E-state index in [0.717, 1.165) is 32.3 Å². The van der Waals surface area contributed by atoms with Gasteiger partial charge in [-0.3, -0.25) is 9.59 Å². The Balaban J connectivity index is 2.37. The predicted molar refractivity (Wildman–Crippen MR) is 96.4 cm³/mol. The second-order valence-corrected chi connectivity index (χ2v) is 6.16. The van der Waals surface area contributed by atoms with E-state index in [1.54, 1.807) is 6.07 Å². The Morgan fingerprint density at radius 2 is 1.13 bits per heavy atom. The van der Waals surface area contributed by atoms with Gasteiger partial charge in [0.2, 0.25) is 10.9 Å². The van der Waals surface area contributed by atoms with Crippen LogP contribution in [0.5, 0.6) is 0 Å². The predicted octanol–water partition coefficient (Wildman–Crippen LogP) is 4.55. The molecule has 0 fully saturated rings. The van der Waals surface area contributed by atoms with E-state index in [2.05, 4.69) is 0 Å². The third-order valence-electron chi connectivity index (χ3n) is 4.65. The highest BCUT2D eigenvalue weighted by molar-refractivity contribution is 6.40. The van der Waals surface area contributed by atoms with Crippen molar-refractivity contribution in [1.29, 1.82) is 0 Å². The summed E-state index contributed by atoms with van der Waals surface area (Å²) >= 11 is 6.17. The fraction of sp³-hybridized carbons (Fsp3) is 0. The zero-order valence-electron chi connectivity index (χ0n) is 11.9. The average molecular weight is 317 g/mol. The summed E-state index contributed by atoms with van der Waals surface area (Å²) in [4.78, 5) is 25.0. The summed E-state index contributed by atoms with van der Waals surface area (Å²) in [6, 6.07) is 17.6. The Bertz CT molecular complexity index is 1350. The van der Waals surface area contributed by atoms with Crippen molar-refractivity contribution in [3.63, 3.8) is 0 Å². The summed E-state index contributed by atoms with van der Waals surface area (Å²) in [5.74, 6) is 0. The van der Waals surface area contributed by atoms with E-state index >= 15 is 0 Å². The van der Waals surface area contributed by atoms with E-state index in [9.17, 15) is 9.59 Å². The third kappa shape index (κ3) is 1.44. The molecule has 0 atom stereocenters. The van der Waals surface area contributed by atoms with Crippen LogP contribution in [0.25, 0.3) is 43.1 Å². The molecule has 0 aromatic heterocycles. The smallest absolute Gasteiger partial charge is 0.245 e. The van der Waals surface area contributed by atoms with Crippen molar-refractivity contribution in [1.82, 2.24) is 0 Å². The van der Waals surface area contributed by atoms with Gasteiger partial charge in [0, 0.05) is 16.2 Å². The van der Waals surface area contributed by atoms with Crippen molar-refractivity contribution in [2.75, 3.05) is 0 Å². The van der Waals surface area contributed by atoms with Gasteiger partial charge in [-0.2, -0.15) is 0 Å². The van der Waals surface area contributed by atoms with Crippen molar-refractivity contribution in [3.05, 3.63) is 80.1 Å². The van der Waals surface area contributed by atoms with Crippen LogP contribution in [0, 0.1) is 0 Å². The number of benzene rings is 5. The quantitative estimate of drug-likeness (QED) is 0.239. The molecule has 0 radical (unpaired) electrons. The maximum Gasteiger partial charge on any atom is 0.245 e. The molecule has 0 aliphatic rings. The van der Waals surface area contributed by atoms with Crippen LogP contribution >= 0.6 is 11.6 Å². The molecule has 0 bridgehead atoms. The standard InChI is InChI=1S/C20H9ClO2/c21-18-14-9-3-7-12-11-6-1-4-10-5-2-8-13(15(10)11)17(16(12)14)19(22)20(18)23/h1-9H. The first-order valence-corrected chi connectivity index (χ1v) is 7.71. The van der Waals surface area contributed by atoms with Crippen LogP contribution in [-0.4, -0.2) is 0 Å². The molecular formula is C20H9ClO2. The highest BCUT2D eigenvalue weighted by Crippen LogP contribution is 2.39. The maximum absolute atomic E-state index is 12.7. The van der Waals surface area contributed by atoms with E-state index < -0.39 is 10.9 Å². The molecule has 108 valence electrons. The molecule has 2 nitrogen and oxygen atoms in total. The van der Waals surface area contributed by atoms with Crippen LogP contribution in [-0.2, 0) is 0 Å². The van der Waals surface area contributed by atoms with Gasteiger partial charge >= 0.3 is 0 Å². The second-order valence-electron chi connectivity index (χ2n) is 5.78. The number of fused-ring (bicyclic) bond motifs is 2. The molecule has 0 saturated heterocycles. The summed E-state index contributed by atoms with van der Waals surface area (Å²) in [5, 5.41) is 6.87. The summed E-state index contributed by atoms with van der Waals surface area (Å²) in [6.07, 6.45) is 0. The van der Waals surface area contributed by atoms with Crippen LogP contribution in [0.2, 0.25) is 5.02 Å². The van der Waals surface area contributed by atoms with Gasteiger partial charge in [0.1, 0.15) is 0 Å². The molecule has 0 N–H and O–H groups in total. The van der Waals surface area contributed by atoms with Gasteiger partial charge in [-0.1, -0.05) is 66.2 Å². The molecule has 0 aliphatic carbocycles. The molecule has 0 saturated carbocycles. The zero-order chi connectivity index (χ0) is 15.7. The van der Waals surface area contributed by atoms with E-state index in [-0.39, 0.29) is 5.02 Å². The van der Waals surface area contributed by atoms with Crippen LogP contribution in [0.3, 0.4) is 0 Å². The molecule has 3 heteroatoms. The summed E-state index contributed by atoms with van der Waals surface area (Å²) < 4.78 is 0. The Labute approximate surface area is 135 Å². The lowest BCUT2D eigenvalue weighted by atomic mass is 9.89. The molecule has 5 aromatic carbocycles. The van der Waals surface area contributed by atoms with Crippen LogP contribution < -0.4 is 10.9 Å². The minimum Gasteiger partial charge on any atom is -0.285 e. The number of hydrogen-bond acceptors (Lipinski definition) is 2. The average Bonchev–Trinajstić information content (AvgIpc) is 2.59. The molecule has 0 unspecified atom stereocenters. The lowest BCUT2D eigenvalue weighted by Crippen LogP contribution is -2.24. The molecular weight excluding hydrogens is 308 g/mol. The van der Waals surface area contributed by atoms with Crippen molar-refractivity contribution in [3.8, 4) is 0 Å². The summed E-state index contributed by atoms with van der Waals surface area (Å²) in [5.41, 5.74) is -1.14. The van der Waals surface area contributed by atoms with Gasteiger partial charge in [0.15, 0.2) is 0 Å². The van der Waals surface area contributed by atoms with E-state index in [4.69, 9.17) is 11.6 Å². The van der Waals surface area contributed by atoms with E-state index in [0.29, 0.717) is 10.8 Å². The molecule has 0 heterocycles. The zero-order valence-corrected chi connectivity index (χ0v) is 12.6. The highest BCUT2D eigenvalue weighted by Gasteiger charge is 2.18. The first kappa shape index (κ1) is 12.8. The van der Waals surface area contributed by atoms with Gasteiger partial charge in [-0.15, -0.1) is 0 Å². The minimum atomic E-state index is -0.622. The molecule has 23 heavy (non-hydrogen) atoms. The molecule has 0 aliphatic heterocycles. The molecule has 0 spiro atoms. The number of hydrogen-bond donors (Lipinski definition) is 0. The van der Waals surface area contributed by atoms with Gasteiger partial charge < -0.3 is 0 Å². The van der Waals surface area contributed by atoms with Crippen LogP contribution in [0.4, 0.5) is 0 Å². The largest absolute Gasteiger partial charge is 0.285 e. The Morgan fingerprint density at radius 3 is 1.87 bits per heavy atom. The van der Waals surface area contributed by atoms with Crippen molar-refractivity contribution < 1.29 is 0 Å². The lowest BCUT2D eigenvalue weighted by Gasteiger charge is -2.13. The summed E-state index contributed by atoms with van der Waals surface area (Å²) in [7, 11) is 0.